The second-order valence-electron chi connectivity index (χ2n) is 6.44. The van der Waals surface area contributed by atoms with Crippen LogP contribution in [0.5, 0.6) is 0 Å². The van der Waals surface area contributed by atoms with Gasteiger partial charge in [0, 0.05) is 32.5 Å². The quantitative estimate of drug-likeness (QED) is 0.712. The molecule has 1 N–H and O–H groups in total. The molecule has 3 heterocycles. The van der Waals surface area contributed by atoms with Gasteiger partial charge in [-0.15, -0.1) is 15.3 Å². The predicted octanol–water partition coefficient (Wildman–Crippen LogP) is 1.53. The van der Waals surface area contributed by atoms with Crippen molar-refractivity contribution in [1.82, 2.24) is 24.7 Å². The highest BCUT2D eigenvalue weighted by Crippen LogP contribution is 2.11. The van der Waals surface area contributed by atoms with Gasteiger partial charge in [-0.2, -0.15) is 4.52 Å². The molecule has 27 heavy (non-hydrogen) atoms. The van der Waals surface area contributed by atoms with Gasteiger partial charge in [0.05, 0.1) is 13.2 Å². The van der Waals surface area contributed by atoms with E-state index in [0.717, 1.165) is 5.82 Å². The van der Waals surface area contributed by atoms with Crippen LogP contribution in [0, 0.1) is 0 Å². The zero-order valence-electron chi connectivity index (χ0n) is 15.0. The molecule has 1 aliphatic heterocycles. The molecular weight excluding hydrogens is 344 g/mol. The second kappa shape index (κ2) is 8.13. The van der Waals surface area contributed by atoms with E-state index < -0.39 is 0 Å². The molecule has 1 fully saturated rings. The molecular formula is C19H22N6O2. The fraction of sp³-hybridized carbons (Fsp3) is 0.368. The molecule has 8 heteroatoms. The summed E-state index contributed by atoms with van der Waals surface area (Å²) in [5.74, 6) is 1.55. The fourth-order valence-corrected chi connectivity index (χ4v) is 3.06. The first-order valence-electron chi connectivity index (χ1n) is 9.14. The molecule has 0 spiro atoms. The van der Waals surface area contributed by atoms with Crippen molar-refractivity contribution in [3.8, 4) is 0 Å². The zero-order valence-corrected chi connectivity index (χ0v) is 15.0. The van der Waals surface area contributed by atoms with Gasteiger partial charge in [0.2, 0.25) is 5.91 Å². The number of fused-ring (bicyclic) bond motifs is 1. The van der Waals surface area contributed by atoms with Crippen LogP contribution in [0.1, 0.15) is 17.8 Å². The molecule has 1 aromatic carbocycles. The van der Waals surface area contributed by atoms with Crippen LogP contribution in [0.15, 0.2) is 42.5 Å². The number of carbonyl (C=O) groups is 1. The van der Waals surface area contributed by atoms with Gasteiger partial charge in [0.25, 0.3) is 0 Å². The number of aromatic nitrogens is 4. The molecule has 1 amide bonds. The molecule has 0 aliphatic carbocycles. The minimum atomic E-state index is 0.119. The molecule has 0 unspecified atom stereocenters. The largest absolute Gasteiger partial charge is 0.378 e. The van der Waals surface area contributed by atoms with E-state index in [-0.39, 0.29) is 5.91 Å². The van der Waals surface area contributed by atoms with Crippen molar-refractivity contribution in [2.45, 2.75) is 19.4 Å². The minimum Gasteiger partial charge on any atom is -0.378 e. The van der Waals surface area contributed by atoms with Crippen molar-refractivity contribution < 1.29 is 9.53 Å². The number of rotatable bonds is 6. The molecule has 0 saturated carbocycles. The summed E-state index contributed by atoms with van der Waals surface area (Å²) < 4.78 is 7.00. The van der Waals surface area contributed by atoms with E-state index in [1.54, 1.807) is 4.52 Å². The number of morpholine rings is 1. The van der Waals surface area contributed by atoms with Crippen molar-refractivity contribution in [1.29, 1.82) is 0 Å². The van der Waals surface area contributed by atoms with E-state index >= 15 is 0 Å². The summed E-state index contributed by atoms with van der Waals surface area (Å²) in [6, 6.07) is 13.9. The Kier molecular flexibility index (Phi) is 5.24. The van der Waals surface area contributed by atoms with Gasteiger partial charge in [0.1, 0.15) is 5.82 Å². The van der Waals surface area contributed by atoms with Crippen molar-refractivity contribution >= 4 is 17.4 Å². The smallest absolute Gasteiger partial charge is 0.223 e. The lowest BCUT2D eigenvalue weighted by molar-refractivity contribution is -0.135. The summed E-state index contributed by atoms with van der Waals surface area (Å²) in [5.41, 5.74) is 1.86. The third-order valence-corrected chi connectivity index (χ3v) is 4.57. The van der Waals surface area contributed by atoms with Gasteiger partial charge < -0.3 is 15.0 Å². The maximum Gasteiger partial charge on any atom is 0.223 e. The van der Waals surface area contributed by atoms with E-state index in [0.29, 0.717) is 57.2 Å². The molecule has 0 bridgehead atoms. The first-order chi connectivity index (χ1) is 13.3. The average molecular weight is 366 g/mol. The van der Waals surface area contributed by atoms with Crippen LogP contribution in [0.4, 0.5) is 5.82 Å². The zero-order chi connectivity index (χ0) is 18.5. The van der Waals surface area contributed by atoms with E-state index in [9.17, 15) is 4.79 Å². The van der Waals surface area contributed by atoms with Gasteiger partial charge in [-0.3, -0.25) is 4.79 Å². The van der Waals surface area contributed by atoms with Crippen molar-refractivity contribution in [2.75, 3.05) is 31.6 Å². The summed E-state index contributed by atoms with van der Waals surface area (Å²) in [6.45, 7) is 3.22. The third kappa shape index (κ3) is 4.22. The first-order valence-corrected chi connectivity index (χ1v) is 9.14. The summed E-state index contributed by atoms with van der Waals surface area (Å²) in [4.78, 5) is 14.2. The monoisotopic (exact) mass is 366 g/mol. The Labute approximate surface area is 157 Å². The molecule has 140 valence electrons. The molecule has 1 aliphatic rings. The highest BCUT2D eigenvalue weighted by atomic mass is 16.5. The number of hydrogen-bond acceptors (Lipinski definition) is 6. The van der Waals surface area contributed by atoms with E-state index in [1.807, 2.05) is 35.2 Å². The number of nitrogens with zero attached hydrogens (tertiary/aromatic N) is 5. The van der Waals surface area contributed by atoms with Crippen LogP contribution >= 0.6 is 0 Å². The standard InChI is InChI=1S/C19H22N6O2/c26-19(24-10-12-27-13-11-24)9-8-18-22-21-17-7-6-16(23-25(17)18)20-14-15-4-2-1-3-5-15/h1-7H,8-14H2,(H,20,23). The Morgan fingerprint density at radius 1 is 1.07 bits per heavy atom. The summed E-state index contributed by atoms with van der Waals surface area (Å²) in [5, 5.41) is 16.2. The number of anilines is 1. The second-order valence-corrected chi connectivity index (χ2v) is 6.44. The summed E-state index contributed by atoms with van der Waals surface area (Å²) >= 11 is 0. The predicted molar refractivity (Wildman–Crippen MR) is 100 cm³/mol. The van der Waals surface area contributed by atoms with Crippen LogP contribution in [0.2, 0.25) is 0 Å². The first kappa shape index (κ1) is 17.4. The van der Waals surface area contributed by atoms with Gasteiger partial charge in [-0.1, -0.05) is 30.3 Å². The number of benzene rings is 1. The van der Waals surface area contributed by atoms with E-state index in [4.69, 9.17) is 4.74 Å². The molecule has 2 aromatic heterocycles. The average Bonchev–Trinajstić information content (AvgIpc) is 3.14. The Morgan fingerprint density at radius 3 is 2.70 bits per heavy atom. The van der Waals surface area contributed by atoms with Gasteiger partial charge >= 0.3 is 0 Å². The van der Waals surface area contributed by atoms with Gasteiger partial charge in [0.15, 0.2) is 11.5 Å². The SMILES string of the molecule is O=C(CCc1nnc2ccc(NCc3ccccc3)nn12)N1CCOCC1. The van der Waals surface area contributed by atoms with Gasteiger partial charge in [-0.25, -0.2) is 0 Å². The lowest BCUT2D eigenvalue weighted by atomic mass is 10.2. The molecule has 1 saturated heterocycles. The number of amides is 1. The normalized spacial score (nSPS) is 14.4. The Balaban J connectivity index is 1.41. The van der Waals surface area contributed by atoms with E-state index in [2.05, 4.69) is 32.7 Å². The number of carbonyl (C=O) groups excluding carboxylic acids is 1. The summed E-state index contributed by atoms with van der Waals surface area (Å²) in [7, 11) is 0. The Hall–Kier alpha value is -3.00. The maximum atomic E-state index is 12.3. The van der Waals surface area contributed by atoms with Crippen molar-refractivity contribution in [3.05, 3.63) is 53.9 Å². The van der Waals surface area contributed by atoms with Crippen molar-refractivity contribution in [3.63, 3.8) is 0 Å². The summed E-state index contributed by atoms with van der Waals surface area (Å²) in [6.07, 6.45) is 0.899. The van der Waals surface area contributed by atoms with Crippen LogP contribution in [-0.4, -0.2) is 56.9 Å². The van der Waals surface area contributed by atoms with Crippen LogP contribution < -0.4 is 5.32 Å². The molecule has 0 radical (unpaired) electrons. The fourth-order valence-electron chi connectivity index (χ4n) is 3.06. The topological polar surface area (TPSA) is 84.7 Å². The highest BCUT2D eigenvalue weighted by molar-refractivity contribution is 5.76. The third-order valence-electron chi connectivity index (χ3n) is 4.57. The molecule has 0 atom stereocenters. The van der Waals surface area contributed by atoms with Crippen molar-refractivity contribution in [2.24, 2.45) is 0 Å². The number of hydrogen-bond donors (Lipinski definition) is 1. The number of aryl methyl sites for hydroxylation is 1. The van der Waals surface area contributed by atoms with Crippen LogP contribution in [0.3, 0.4) is 0 Å². The highest BCUT2D eigenvalue weighted by Gasteiger charge is 2.18. The van der Waals surface area contributed by atoms with Crippen LogP contribution in [0.25, 0.3) is 5.65 Å². The Morgan fingerprint density at radius 2 is 1.89 bits per heavy atom. The minimum absolute atomic E-state index is 0.119. The van der Waals surface area contributed by atoms with Gasteiger partial charge in [-0.05, 0) is 17.7 Å². The number of nitrogens with one attached hydrogen (secondary N) is 1. The molecule has 8 nitrogen and oxygen atoms in total. The van der Waals surface area contributed by atoms with E-state index in [1.165, 1.54) is 5.56 Å². The van der Waals surface area contributed by atoms with Crippen LogP contribution in [-0.2, 0) is 22.5 Å². The Bertz CT molecular complexity index is 905. The number of ether oxygens (including phenoxy) is 1. The maximum absolute atomic E-state index is 12.3. The molecule has 3 aromatic rings. The lowest BCUT2D eigenvalue weighted by Crippen LogP contribution is -2.40. The lowest BCUT2D eigenvalue weighted by Gasteiger charge is -2.26. The molecule has 4 rings (SSSR count).